The summed E-state index contributed by atoms with van der Waals surface area (Å²) < 4.78 is 12.2. The lowest BCUT2D eigenvalue weighted by Gasteiger charge is -2.26. The number of hydrogen-bond donors (Lipinski definition) is 0. The molecule has 0 spiro atoms. The molecular formula is C19H19BrN2O3S. The van der Waals surface area contributed by atoms with E-state index in [0.29, 0.717) is 19.0 Å². The smallest absolute Gasteiger partial charge is 0.233 e. The first-order valence-corrected chi connectivity index (χ1v) is 10.4. The van der Waals surface area contributed by atoms with Gasteiger partial charge in [0.2, 0.25) is 5.91 Å². The predicted octanol–water partition coefficient (Wildman–Crippen LogP) is 4.07. The molecule has 1 atom stereocenters. The van der Waals surface area contributed by atoms with Gasteiger partial charge in [0.05, 0.1) is 11.8 Å². The maximum atomic E-state index is 12.8. The Morgan fingerprint density at radius 1 is 1.27 bits per heavy atom. The third kappa shape index (κ3) is 3.69. The number of halogens is 1. The van der Waals surface area contributed by atoms with Crippen LogP contribution in [-0.2, 0) is 4.79 Å². The Kier molecular flexibility index (Phi) is 5.36. The SMILES string of the molecule is O=C(CSc1ncccc1Br)N1CCCC1c1ccc2c(c1)OCCO2. The summed E-state index contributed by atoms with van der Waals surface area (Å²) in [5.41, 5.74) is 1.11. The Bertz CT molecular complexity index is 817. The lowest BCUT2D eigenvalue weighted by Crippen LogP contribution is -2.32. The number of nitrogens with zero attached hydrogens (tertiary/aromatic N) is 2. The molecule has 2 aliphatic rings. The van der Waals surface area contributed by atoms with Crippen molar-refractivity contribution in [2.45, 2.75) is 23.9 Å². The zero-order valence-corrected chi connectivity index (χ0v) is 16.6. The van der Waals surface area contributed by atoms with E-state index in [2.05, 4.69) is 20.9 Å². The first kappa shape index (κ1) is 17.7. The Labute approximate surface area is 165 Å². The third-order valence-corrected chi connectivity index (χ3v) is 6.47. The van der Waals surface area contributed by atoms with Crippen molar-refractivity contribution in [3.63, 3.8) is 0 Å². The Hall–Kier alpha value is -1.73. The highest BCUT2D eigenvalue weighted by atomic mass is 79.9. The van der Waals surface area contributed by atoms with Crippen LogP contribution in [0.25, 0.3) is 0 Å². The van der Waals surface area contributed by atoms with E-state index in [4.69, 9.17) is 9.47 Å². The highest BCUT2D eigenvalue weighted by Gasteiger charge is 2.30. The van der Waals surface area contributed by atoms with Gasteiger partial charge in [-0.15, -0.1) is 0 Å². The second kappa shape index (κ2) is 7.88. The molecule has 1 amide bonds. The van der Waals surface area contributed by atoms with Gasteiger partial charge in [0.25, 0.3) is 0 Å². The lowest BCUT2D eigenvalue weighted by atomic mass is 10.0. The number of aromatic nitrogens is 1. The largest absolute Gasteiger partial charge is 0.486 e. The fourth-order valence-corrected chi connectivity index (χ4v) is 4.74. The van der Waals surface area contributed by atoms with Crippen LogP contribution in [0.1, 0.15) is 24.4 Å². The molecular weight excluding hydrogens is 416 g/mol. The number of pyridine rings is 1. The van der Waals surface area contributed by atoms with Crippen molar-refractivity contribution in [2.24, 2.45) is 0 Å². The van der Waals surface area contributed by atoms with E-state index in [1.165, 1.54) is 11.8 Å². The summed E-state index contributed by atoms with van der Waals surface area (Å²) in [5.74, 6) is 2.09. The van der Waals surface area contributed by atoms with E-state index in [9.17, 15) is 4.79 Å². The van der Waals surface area contributed by atoms with Crippen LogP contribution >= 0.6 is 27.7 Å². The predicted molar refractivity (Wildman–Crippen MR) is 104 cm³/mol. The van der Waals surface area contributed by atoms with Crippen LogP contribution in [0.2, 0.25) is 0 Å². The molecule has 0 aliphatic carbocycles. The molecule has 1 unspecified atom stereocenters. The highest BCUT2D eigenvalue weighted by molar-refractivity contribution is 9.10. The van der Waals surface area contributed by atoms with Gasteiger partial charge >= 0.3 is 0 Å². The van der Waals surface area contributed by atoms with Gasteiger partial charge in [-0.1, -0.05) is 17.8 Å². The van der Waals surface area contributed by atoms with Crippen molar-refractivity contribution in [3.05, 3.63) is 46.6 Å². The molecule has 2 aromatic rings. The average molecular weight is 435 g/mol. The minimum absolute atomic E-state index is 0.103. The lowest BCUT2D eigenvalue weighted by molar-refractivity contribution is -0.129. The molecule has 0 N–H and O–H groups in total. The van der Waals surface area contributed by atoms with E-state index in [1.807, 2.05) is 35.2 Å². The van der Waals surface area contributed by atoms with E-state index in [-0.39, 0.29) is 11.9 Å². The Morgan fingerprint density at radius 2 is 2.12 bits per heavy atom. The minimum Gasteiger partial charge on any atom is -0.486 e. The van der Waals surface area contributed by atoms with Crippen LogP contribution in [0.5, 0.6) is 11.5 Å². The van der Waals surface area contributed by atoms with Gasteiger partial charge in [-0.25, -0.2) is 4.98 Å². The molecule has 3 heterocycles. The molecule has 1 aromatic carbocycles. The molecule has 4 rings (SSSR count). The number of likely N-dealkylation sites (tertiary alicyclic amines) is 1. The number of thioether (sulfide) groups is 1. The van der Waals surface area contributed by atoms with E-state index in [0.717, 1.165) is 45.9 Å². The van der Waals surface area contributed by atoms with Gasteiger partial charge in [-0.2, -0.15) is 0 Å². The molecule has 1 aromatic heterocycles. The van der Waals surface area contributed by atoms with Gasteiger partial charge in [0, 0.05) is 17.2 Å². The molecule has 0 saturated carbocycles. The summed E-state index contributed by atoms with van der Waals surface area (Å²) in [6.07, 6.45) is 3.73. The third-order valence-electron chi connectivity index (χ3n) is 4.58. The topological polar surface area (TPSA) is 51.7 Å². The molecule has 136 valence electrons. The number of benzene rings is 1. The normalized spacial score (nSPS) is 18.8. The molecule has 0 radical (unpaired) electrons. The highest BCUT2D eigenvalue weighted by Crippen LogP contribution is 2.38. The van der Waals surface area contributed by atoms with Crippen LogP contribution in [-0.4, -0.2) is 41.3 Å². The average Bonchev–Trinajstić information content (AvgIpc) is 3.17. The summed E-state index contributed by atoms with van der Waals surface area (Å²) in [5, 5.41) is 0.843. The van der Waals surface area contributed by atoms with E-state index >= 15 is 0 Å². The van der Waals surface area contributed by atoms with E-state index in [1.54, 1.807) is 6.20 Å². The number of carbonyl (C=O) groups is 1. The maximum absolute atomic E-state index is 12.8. The number of fused-ring (bicyclic) bond motifs is 1. The Balaban J connectivity index is 1.46. The summed E-state index contributed by atoms with van der Waals surface area (Å²) in [4.78, 5) is 19.1. The van der Waals surface area contributed by atoms with Crippen LogP contribution in [0.3, 0.4) is 0 Å². The molecule has 26 heavy (non-hydrogen) atoms. The zero-order chi connectivity index (χ0) is 17.9. The number of carbonyl (C=O) groups excluding carboxylic acids is 1. The monoisotopic (exact) mass is 434 g/mol. The van der Waals surface area contributed by atoms with Crippen LogP contribution in [0.4, 0.5) is 0 Å². The second-order valence-electron chi connectivity index (χ2n) is 6.23. The van der Waals surface area contributed by atoms with Gasteiger partial charge < -0.3 is 14.4 Å². The van der Waals surface area contributed by atoms with Gasteiger partial charge in [0.15, 0.2) is 11.5 Å². The number of hydrogen-bond acceptors (Lipinski definition) is 5. The van der Waals surface area contributed by atoms with Crippen LogP contribution < -0.4 is 9.47 Å². The molecule has 2 aliphatic heterocycles. The first-order valence-electron chi connectivity index (χ1n) is 8.65. The molecule has 0 bridgehead atoms. The summed E-state index contributed by atoms with van der Waals surface area (Å²) in [7, 11) is 0. The van der Waals surface area contributed by atoms with Crippen molar-refractivity contribution < 1.29 is 14.3 Å². The second-order valence-corrected chi connectivity index (χ2v) is 8.05. The van der Waals surface area contributed by atoms with Gasteiger partial charge in [-0.05, 0) is 58.6 Å². The standard InChI is InChI=1S/C19H19BrN2O3S/c20-14-3-1-7-21-19(14)26-12-18(23)22-8-2-4-15(22)13-5-6-16-17(11-13)25-10-9-24-16/h1,3,5-7,11,15H,2,4,8-10,12H2. The van der Waals surface area contributed by atoms with Gasteiger partial charge in [-0.3, -0.25) is 4.79 Å². The molecule has 7 heteroatoms. The quantitative estimate of drug-likeness (QED) is 0.678. The number of amides is 1. The first-order chi connectivity index (χ1) is 12.7. The Morgan fingerprint density at radius 3 is 2.96 bits per heavy atom. The fourth-order valence-electron chi connectivity index (χ4n) is 3.37. The van der Waals surface area contributed by atoms with Crippen molar-refractivity contribution in [2.75, 3.05) is 25.5 Å². The summed E-state index contributed by atoms with van der Waals surface area (Å²) in [6.45, 7) is 1.95. The molecule has 1 saturated heterocycles. The van der Waals surface area contributed by atoms with Crippen molar-refractivity contribution >= 4 is 33.6 Å². The van der Waals surface area contributed by atoms with Crippen LogP contribution in [0.15, 0.2) is 46.0 Å². The molecule has 5 nitrogen and oxygen atoms in total. The minimum atomic E-state index is 0.103. The number of ether oxygens (including phenoxy) is 2. The van der Waals surface area contributed by atoms with Crippen LogP contribution in [0, 0.1) is 0 Å². The molecule has 1 fully saturated rings. The van der Waals surface area contributed by atoms with Crippen molar-refractivity contribution in [1.82, 2.24) is 9.88 Å². The summed E-state index contributed by atoms with van der Waals surface area (Å²) in [6, 6.07) is 9.93. The fraction of sp³-hybridized carbons (Fsp3) is 0.368. The van der Waals surface area contributed by atoms with Gasteiger partial charge in [0.1, 0.15) is 18.2 Å². The zero-order valence-electron chi connectivity index (χ0n) is 14.2. The maximum Gasteiger partial charge on any atom is 0.233 e. The van der Waals surface area contributed by atoms with E-state index < -0.39 is 0 Å². The van der Waals surface area contributed by atoms with Crippen molar-refractivity contribution in [1.29, 1.82) is 0 Å². The number of rotatable bonds is 4. The van der Waals surface area contributed by atoms with Crippen molar-refractivity contribution in [3.8, 4) is 11.5 Å². The summed E-state index contributed by atoms with van der Waals surface area (Å²) >= 11 is 4.95.